The van der Waals surface area contributed by atoms with Crippen LogP contribution in [0.25, 0.3) is 0 Å². The highest BCUT2D eigenvalue weighted by Gasteiger charge is 2.33. The lowest BCUT2D eigenvalue weighted by atomic mass is 10.1. The molecule has 2 aliphatic carbocycles. The lowest BCUT2D eigenvalue weighted by Crippen LogP contribution is -1.85. The van der Waals surface area contributed by atoms with E-state index >= 15 is 0 Å². The standard InChI is InChI=1S/C9H14.C6H11ClO/c1-3-4-5-6-9-7-8(9)2;7-3-1-2-5-4-6(5)8/h1,8-9H,4-7H2,2H3;5-6,8H,1-4H2. The van der Waals surface area contributed by atoms with Crippen LogP contribution in [0.1, 0.15) is 51.9 Å². The van der Waals surface area contributed by atoms with Gasteiger partial charge in [0.05, 0.1) is 6.10 Å². The fourth-order valence-electron chi connectivity index (χ4n) is 2.15. The van der Waals surface area contributed by atoms with Crippen LogP contribution in [-0.2, 0) is 0 Å². The molecule has 2 rings (SSSR count). The van der Waals surface area contributed by atoms with Crippen molar-refractivity contribution in [3.63, 3.8) is 0 Å². The van der Waals surface area contributed by atoms with Crippen molar-refractivity contribution in [2.75, 3.05) is 5.88 Å². The molecule has 0 radical (unpaired) electrons. The predicted octanol–water partition coefficient (Wildman–Crippen LogP) is 3.83. The summed E-state index contributed by atoms with van der Waals surface area (Å²) < 4.78 is 0. The van der Waals surface area contributed by atoms with E-state index < -0.39 is 0 Å². The van der Waals surface area contributed by atoms with Gasteiger partial charge in [-0.05, 0) is 56.3 Å². The molecule has 0 heterocycles. The minimum atomic E-state index is 0.0122. The maximum atomic E-state index is 8.81. The number of rotatable bonds is 6. The average molecular weight is 257 g/mol. The third-order valence-electron chi connectivity index (χ3n) is 3.77. The van der Waals surface area contributed by atoms with E-state index in [2.05, 4.69) is 12.8 Å². The van der Waals surface area contributed by atoms with Crippen molar-refractivity contribution in [1.82, 2.24) is 0 Å². The van der Waals surface area contributed by atoms with Gasteiger partial charge in [-0.25, -0.2) is 0 Å². The van der Waals surface area contributed by atoms with E-state index in [4.69, 9.17) is 23.1 Å². The summed E-state index contributed by atoms with van der Waals surface area (Å²) in [5.74, 6) is 6.03. The van der Waals surface area contributed by atoms with Crippen molar-refractivity contribution >= 4 is 11.6 Å². The molecule has 0 aliphatic heterocycles. The lowest BCUT2D eigenvalue weighted by Gasteiger charge is -1.91. The zero-order valence-electron chi connectivity index (χ0n) is 10.9. The normalized spacial score (nSPS) is 33.3. The topological polar surface area (TPSA) is 20.2 Å². The highest BCUT2D eigenvalue weighted by atomic mass is 35.5. The van der Waals surface area contributed by atoms with Crippen LogP contribution in [0.5, 0.6) is 0 Å². The first-order valence-electron chi connectivity index (χ1n) is 6.86. The second-order valence-electron chi connectivity index (χ2n) is 5.46. The van der Waals surface area contributed by atoms with Gasteiger partial charge in [0.2, 0.25) is 0 Å². The fraction of sp³-hybridized carbons (Fsp3) is 0.867. The van der Waals surface area contributed by atoms with E-state index in [1.54, 1.807) is 0 Å². The molecular weight excluding hydrogens is 232 g/mol. The molecule has 2 fully saturated rings. The molecule has 2 heteroatoms. The molecule has 17 heavy (non-hydrogen) atoms. The number of terminal acetylenes is 1. The summed E-state index contributed by atoms with van der Waals surface area (Å²) in [5.41, 5.74) is 0. The number of alkyl halides is 1. The smallest absolute Gasteiger partial charge is 0.0573 e. The summed E-state index contributed by atoms with van der Waals surface area (Å²) in [6.07, 6.45) is 13.3. The Labute approximate surface area is 111 Å². The maximum absolute atomic E-state index is 8.81. The maximum Gasteiger partial charge on any atom is 0.0573 e. The second-order valence-corrected chi connectivity index (χ2v) is 5.84. The molecule has 1 nitrogen and oxygen atoms in total. The van der Waals surface area contributed by atoms with Gasteiger partial charge in [-0.15, -0.1) is 23.9 Å². The van der Waals surface area contributed by atoms with Gasteiger partial charge in [-0.3, -0.25) is 0 Å². The Morgan fingerprint density at radius 2 is 1.82 bits per heavy atom. The molecule has 0 spiro atoms. The summed E-state index contributed by atoms with van der Waals surface area (Å²) >= 11 is 5.44. The summed E-state index contributed by atoms with van der Waals surface area (Å²) in [5, 5.41) is 8.81. The van der Waals surface area contributed by atoms with Crippen LogP contribution < -0.4 is 0 Å². The molecule has 98 valence electrons. The Morgan fingerprint density at radius 1 is 1.24 bits per heavy atom. The van der Waals surface area contributed by atoms with E-state index in [-0.39, 0.29) is 6.10 Å². The van der Waals surface area contributed by atoms with Crippen LogP contribution in [0.15, 0.2) is 0 Å². The Hall–Kier alpha value is -0.190. The van der Waals surface area contributed by atoms with Gasteiger partial charge in [0, 0.05) is 12.3 Å². The van der Waals surface area contributed by atoms with E-state index in [9.17, 15) is 0 Å². The average Bonchev–Trinajstić information content (AvgIpc) is 3.19. The van der Waals surface area contributed by atoms with Gasteiger partial charge in [-0.1, -0.05) is 6.92 Å². The Balaban J connectivity index is 0.000000171. The van der Waals surface area contributed by atoms with Gasteiger partial charge in [0.25, 0.3) is 0 Å². The third kappa shape index (κ3) is 6.96. The number of aliphatic hydroxyl groups is 1. The molecular formula is C15H25ClO. The van der Waals surface area contributed by atoms with Crippen LogP contribution in [0.2, 0.25) is 0 Å². The number of hydrogen-bond donors (Lipinski definition) is 1. The van der Waals surface area contributed by atoms with Gasteiger partial charge in [-0.2, -0.15) is 0 Å². The molecule has 0 bridgehead atoms. The van der Waals surface area contributed by atoms with Crippen molar-refractivity contribution < 1.29 is 5.11 Å². The highest BCUT2D eigenvalue weighted by Crippen LogP contribution is 2.41. The van der Waals surface area contributed by atoms with Crippen molar-refractivity contribution in [2.24, 2.45) is 17.8 Å². The molecule has 0 aromatic heterocycles. The molecule has 2 saturated carbocycles. The Bertz CT molecular complexity index is 246. The van der Waals surface area contributed by atoms with E-state index in [0.717, 1.165) is 43.4 Å². The zero-order valence-corrected chi connectivity index (χ0v) is 11.6. The van der Waals surface area contributed by atoms with Crippen LogP contribution >= 0.6 is 11.6 Å². The van der Waals surface area contributed by atoms with Crippen LogP contribution in [-0.4, -0.2) is 17.1 Å². The van der Waals surface area contributed by atoms with Crippen LogP contribution in [0.4, 0.5) is 0 Å². The number of hydrogen-bond acceptors (Lipinski definition) is 1. The molecule has 4 atom stereocenters. The monoisotopic (exact) mass is 256 g/mol. The molecule has 0 aromatic rings. The molecule has 1 N–H and O–H groups in total. The number of halogens is 1. The number of unbranched alkanes of at least 4 members (excludes halogenated alkanes) is 1. The van der Waals surface area contributed by atoms with E-state index in [1.165, 1.54) is 19.3 Å². The lowest BCUT2D eigenvalue weighted by molar-refractivity contribution is 0.256. The van der Waals surface area contributed by atoms with Crippen molar-refractivity contribution in [3.05, 3.63) is 0 Å². The van der Waals surface area contributed by atoms with Crippen molar-refractivity contribution in [2.45, 2.75) is 58.0 Å². The summed E-state index contributed by atoms with van der Waals surface area (Å²) in [7, 11) is 0. The van der Waals surface area contributed by atoms with E-state index in [0.29, 0.717) is 5.92 Å². The third-order valence-corrected chi connectivity index (χ3v) is 4.03. The first-order valence-corrected chi connectivity index (χ1v) is 7.40. The predicted molar refractivity (Wildman–Crippen MR) is 74.0 cm³/mol. The van der Waals surface area contributed by atoms with Gasteiger partial charge in [0.15, 0.2) is 0 Å². The minimum absolute atomic E-state index is 0.0122. The van der Waals surface area contributed by atoms with E-state index in [1.807, 2.05) is 0 Å². The molecule has 4 unspecified atom stereocenters. The molecule has 0 amide bonds. The Morgan fingerprint density at radius 3 is 2.24 bits per heavy atom. The molecule has 0 saturated heterocycles. The SMILES string of the molecule is C#CCCCC1CC1C.OC1CC1CCCCl. The minimum Gasteiger partial charge on any atom is -0.393 e. The van der Waals surface area contributed by atoms with Gasteiger partial charge < -0.3 is 5.11 Å². The molecule has 0 aromatic carbocycles. The highest BCUT2D eigenvalue weighted by molar-refractivity contribution is 6.17. The fourth-order valence-corrected chi connectivity index (χ4v) is 2.30. The first-order chi connectivity index (χ1) is 8.19. The largest absolute Gasteiger partial charge is 0.393 e. The van der Waals surface area contributed by atoms with Crippen molar-refractivity contribution in [1.29, 1.82) is 0 Å². The van der Waals surface area contributed by atoms with Crippen LogP contribution in [0, 0.1) is 30.1 Å². The number of aliphatic hydroxyl groups excluding tert-OH is 1. The Kier molecular flexibility index (Phi) is 7.00. The second kappa shape index (κ2) is 8.01. The quantitative estimate of drug-likeness (QED) is 0.435. The molecule has 2 aliphatic rings. The zero-order chi connectivity index (χ0) is 12.7. The van der Waals surface area contributed by atoms with Crippen molar-refractivity contribution in [3.8, 4) is 12.3 Å². The summed E-state index contributed by atoms with van der Waals surface area (Å²) in [6.45, 7) is 2.32. The van der Waals surface area contributed by atoms with Crippen LogP contribution in [0.3, 0.4) is 0 Å². The summed E-state index contributed by atoms with van der Waals surface area (Å²) in [4.78, 5) is 0. The summed E-state index contributed by atoms with van der Waals surface area (Å²) in [6, 6.07) is 0. The van der Waals surface area contributed by atoms with Gasteiger partial charge in [0.1, 0.15) is 0 Å². The first kappa shape index (κ1) is 14.9. The van der Waals surface area contributed by atoms with Gasteiger partial charge >= 0.3 is 0 Å².